The molecule has 1 amide bonds. The number of carbonyl (C=O) groups excluding carboxylic acids is 1. The van der Waals surface area contributed by atoms with Crippen LogP contribution in [-0.4, -0.2) is 52.1 Å². The highest BCUT2D eigenvalue weighted by Gasteiger charge is 2.34. The van der Waals surface area contributed by atoms with E-state index in [1.54, 1.807) is 25.6 Å². The van der Waals surface area contributed by atoms with E-state index in [0.29, 0.717) is 25.0 Å². The molecule has 8 heteroatoms. The van der Waals surface area contributed by atoms with Crippen LogP contribution in [0.25, 0.3) is 0 Å². The number of pyridine rings is 1. The molecule has 140 valence electrons. The molecule has 2 aromatic rings. The smallest absolute Gasteiger partial charge is 0.257 e. The molecule has 1 saturated carbocycles. The fraction of sp³-hybridized carbons (Fsp3) is 0.500. The molecule has 0 aromatic carbocycles. The average molecular weight is 360 g/mol. The normalized spacial score (nSPS) is 22.3. The third-order valence-electron chi connectivity index (χ3n) is 4.60. The largest absolute Gasteiger partial charge is 0.480 e. The predicted octanol–water partition coefficient (Wildman–Crippen LogP) is 1.00. The fourth-order valence-electron chi connectivity index (χ4n) is 3.41. The van der Waals surface area contributed by atoms with Crippen LogP contribution >= 0.6 is 0 Å². The molecule has 0 radical (unpaired) electrons. The topological polar surface area (TPSA) is 98.5 Å². The van der Waals surface area contributed by atoms with Gasteiger partial charge in [-0.1, -0.05) is 0 Å². The summed E-state index contributed by atoms with van der Waals surface area (Å²) in [5, 5.41) is 17.5. The third kappa shape index (κ3) is 4.20. The first-order valence-electron chi connectivity index (χ1n) is 8.59. The molecule has 0 saturated heterocycles. The number of rotatable bonds is 7. The number of hydrogen-bond donors (Lipinski definition) is 2. The Morgan fingerprint density at radius 1 is 1.42 bits per heavy atom. The van der Waals surface area contributed by atoms with E-state index < -0.39 is 6.10 Å². The van der Waals surface area contributed by atoms with E-state index in [9.17, 15) is 9.90 Å². The fourth-order valence-corrected chi connectivity index (χ4v) is 3.41. The van der Waals surface area contributed by atoms with E-state index in [2.05, 4.69) is 15.4 Å². The Morgan fingerprint density at radius 3 is 2.96 bits per heavy atom. The standard InChI is InChI=1S/C18H24N4O4/c1-25-11-13-6-14(18(26-2)19-9-13)17(24)21-15-7-12(8-16(15)23)10-22-5-3-4-20-22/h3-6,9,12,15-16,23H,7-8,10-11H2,1-2H3,(H,21,24)/t12?,15-,16-/m1/s1. The Kier molecular flexibility index (Phi) is 5.85. The summed E-state index contributed by atoms with van der Waals surface area (Å²) in [5.41, 5.74) is 1.12. The lowest BCUT2D eigenvalue weighted by Gasteiger charge is -2.17. The number of amides is 1. The SMILES string of the molecule is COCc1cnc(OC)c(C(=O)N[C@@H]2CC(Cn3cccn3)C[C@H]2O)c1. The predicted molar refractivity (Wildman–Crippen MR) is 93.7 cm³/mol. The van der Waals surface area contributed by atoms with Gasteiger partial charge in [0, 0.05) is 32.2 Å². The molecule has 2 heterocycles. The summed E-state index contributed by atoms with van der Waals surface area (Å²) in [6, 6.07) is 3.27. The van der Waals surface area contributed by atoms with Gasteiger partial charge in [0.05, 0.1) is 25.9 Å². The highest BCUT2D eigenvalue weighted by molar-refractivity contribution is 5.96. The second kappa shape index (κ2) is 8.29. The Hall–Kier alpha value is -2.45. The molecule has 26 heavy (non-hydrogen) atoms. The molecular weight excluding hydrogens is 336 g/mol. The van der Waals surface area contributed by atoms with Crippen LogP contribution in [0, 0.1) is 5.92 Å². The quantitative estimate of drug-likeness (QED) is 0.764. The minimum absolute atomic E-state index is 0.253. The average Bonchev–Trinajstić information content (AvgIpc) is 3.25. The van der Waals surface area contributed by atoms with Crippen molar-refractivity contribution in [1.29, 1.82) is 0 Å². The van der Waals surface area contributed by atoms with Gasteiger partial charge in [-0.3, -0.25) is 9.48 Å². The van der Waals surface area contributed by atoms with Crippen LogP contribution in [-0.2, 0) is 17.9 Å². The van der Waals surface area contributed by atoms with Crippen molar-refractivity contribution in [3.8, 4) is 5.88 Å². The zero-order chi connectivity index (χ0) is 18.5. The molecule has 1 unspecified atom stereocenters. The van der Waals surface area contributed by atoms with Crippen molar-refractivity contribution in [3.05, 3.63) is 41.9 Å². The lowest BCUT2D eigenvalue weighted by Crippen LogP contribution is -2.40. The van der Waals surface area contributed by atoms with Crippen molar-refractivity contribution < 1.29 is 19.4 Å². The Labute approximate surface area is 152 Å². The van der Waals surface area contributed by atoms with Crippen LogP contribution in [0.2, 0.25) is 0 Å². The van der Waals surface area contributed by atoms with Gasteiger partial charge in [0.1, 0.15) is 5.56 Å². The van der Waals surface area contributed by atoms with Crippen LogP contribution in [0.4, 0.5) is 0 Å². The van der Waals surface area contributed by atoms with Crippen molar-refractivity contribution in [1.82, 2.24) is 20.1 Å². The minimum atomic E-state index is -0.583. The molecule has 0 spiro atoms. The van der Waals surface area contributed by atoms with E-state index in [-0.39, 0.29) is 23.7 Å². The first kappa shape index (κ1) is 18.3. The van der Waals surface area contributed by atoms with E-state index in [0.717, 1.165) is 12.1 Å². The molecule has 1 aliphatic carbocycles. The van der Waals surface area contributed by atoms with Crippen LogP contribution in [0.15, 0.2) is 30.7 Å². The van der Waals surface area contributed by atoms with E-state index in [4.69, 9.17) is 9.47 Å². The number of nitrogens with zero attached hydrogens (tertiary/aromatic N) is 3. The zero-order valence-corrected chi connectivity index (χ0v) is 15.0. The first-order valence-corrected chi connectivity index (χ1v) is 8.59. The second-order valence-corrected chi connectivity index (χ2v) is 6.55. The first-order chi connectivity index (χ1) is 12.6. The minimum Gasteiger partial charge on any atom is -0.480 e. The molecular formula is C18H24N4O4. The lowest BCUT2D eigenvalue weighted by molar-refractivity contribution is 0.0868. The number of ether oxygens (including phenoxy) is 2. The molecule has 1 fully saturated rings. The van der Waals surface area contributed by atoms with Gasteiger partial charge in [-0.2, -0.15) is 5.10 Å². The third-order valence-corrected chi connectivity index (χ3v) is 4.60. The van der Waals surface area contributed by atoms with E-state index >= 15 is 0 Å². The van der Waals surface area contributed by atoms with Crippen molar-refractivity contribution >= 4 is 5.91 Å². The molecule has 3 atom stereocenters. The molecule has 0 bridgehead atoms. The molecule has 2 aromatic heterocycles. The van der Waals surface area contributed by atoms with Gasteiger partial charge in [-0.05, 0) is 36.5 Å². The van der Waals surface area contributed by atoms with Crippen LogP contribution < -0.4 is 10.1 Å². The van der Waals surface area contributed by atoms with Crippen LogP contribution in [0.5, 0.6) is 5.88 Å². The van der Waals surface area contributed by atoms with E-state index in [1.807, 2.05) is 16.9 Å². The number of aliphatic hydroxyl groups is 1. The lowest BCUT2D eigenvalue weighted by atomic mass is 10.1. The van der Waals surface area contributed by atoms with Crippen LogP contribution in [0.1, 0.15) is 28.8 Å². The number of aromatic nitrogens is 3. The monoisotopic (exact) mass is 360 g/mol. The highest BCUT2D eigenvalue weighted by Crippen LogP contribution is 2.28. The number of hydrogen-bond acceptors (Lipinski definition) is 6. The van der Waals surface area contributed by atoms with Crippen LogP contribution in [0.3, 0.4) is 0 Å². The maximum absolute atomic E-state index is 12.7. The Morgan fingerprint density at radius 2 is 2.27 bits per heavy atom. The van der Waals surface area contributed by atoms with Crippen molar-refractivity contribution in [2.75, 3.05) is 14.2 Å². The number of methoxy groups -OCH3 is 2. The zero-order valence-electron chi connectivity index (χ0n) is 15.0. The number of nitrogens with one attached hydrogen (secondary N) is 1. The second-order valence-electron chi connectivity index (χ2n) is 6.55. The maximum atomic E-state index is 12.7. The van der Waals surface area contributed by atoms with Gasteiger partial charge in [-0.25, -0.2) is 4.98 Å². The molecule has 8 nitrogen and oxygen atoms in total. The van der Waals surface area contributed by atoms with E-state index in [1.165, 1.54) is 7.11 Å². The van der Waals surface area contributed by atoms with Gasteiger partial charge in [0.15, 0.2) is 0 Å². The van der Waals surface area contributed by atoms with Gasteiger partial charge in [0.2, 0.25) is 5.88 Å². The number of carbonyl (C=O) groups is 1. The Bertz CT molecular complexity index is 735. The molecule has 1 aliphatic rings. The summed E-state index contributed by atoms with van der Waals surface area (Å²) < 4.78 is 12.1. The highest BCUT2D eigenvalue weighted by atomic mass is 16.5. The van der Waals surface area contributed by atoms with Crippen molar-refractivity contribution in [2.45, 2.75) is 38.1 Å². The summed E-state index contributed by atoms with van der Waals surface area (Å²) in [7, 11) is 3.05. The van der Waals surface area contributed by atoms with Gasteiger partial charge in [-0.15, -0.1) is 0 Å². The Balaban J connectivity index is 1.66. The van der Waals surface area contributed by atoms with Crippen molar-refractivity contribution in [3.63, 3.8) is 0 Å². The summed E-state index contributed by atoms with van der Waals surface area (Å²) in [5.74, 6) is 0.203. The number of aliphatic hydroxyl groups excluding tert-OH is 1. The summed E-state index contributed by atoms with van der Waals surface area (Å²) in [6.07, 6.45) is 5.99. The summed E-state index contributed by atoms with van der Waals surface area (Å²) in [6.45, 7) is 1.08. The van der Waals surface area contributed by atoms with Gasteiger partial charge < -0.3 is 19.9 Å². The molecule has 2 N–H and O–H groups in total. The van der Waals surface area contributed by atoms with Gasteiger partial charge >= 0.3 is 0 Å². The maximum Gasteiger partial charge on any atom is 0.257 e. The molecule has 3 rings (SSSR count). The van der Waals surface area contributed by atoms with Crippen molar-refractivity contribution in [2.24, 2.45) is 5.92 Å². The van der Waals surface area contributed by atoms with Gasteiger partial charge in [0.25, 0.3) is 5.91 Å². The summed E-state index contributed by atoms with van der Waals surface area (Å²) in [4.78, 5) is 16.9. The summed E-state index contributed by atoms with van der Waals surface area (Å²) >= 11 is 0. The molecule has 0 aliphatic heterocycles.